The molecule has 7 nitrogen and oxygen atoms in total. The van der Waals surface area contributed by atoms with Gasteiger partial charge in [0, 0.05) is 24.3 Å². The van der Waals surface area contributed by atoms with E-state index in [1.165, 1.54) is 11.3 Å². The van der Waals surface area contributed by atoms with Crippen LogP contribution in [0.15, 0.2) is 48.5 Å². The second-order valence-corrected chi connectivity index (χ2v) is 11.9. The molecule has 1 saturated carbocycles. The van der Waals surface area contributed by atoms with E-state index in [0.717, 1.165) is 16.5 Å². The van der Waals surface area contributed by atoms with Crippen LogP contribution < -0.4 is 10.1 Å². The third-order valence-corrected chi connectivity index (χ3v) is 7.53. The van der Waals surface area contributed by atoms with Gasteiger partial charge < -0.3 is 14.8 Å². The fraction of sp³-hybridized carbons (Fsp3) is 0.379. The molecule has 2 heterocycles. The number of carbonyl (C=O) groups is 1. The summed E-state index contributed by atoms with van der Waals surface area (Å²) in [6.07, 6.45) is -3.23. The zero-order chi connectivity index (χ0) is 28.7. The number of esters is 1. The molecule has 1 fully saturated rings. The molecule has 2 aromatic heterocycles. The number of anilines is 1. The first kappa shape index (κ1) is 27.8. The lowest BCUT2D eigenvalue weighted by atomic mass is 9.84. The van der Waals surface area contributed by atoms with Crippen molar-refractivity contribution in [3.8, 4) is 16.5 Å². The first-order chi connectivity index (χ1) is 18.9. The Kier molecular flexibility index (Phi) is 7.43. The van der Waals surface area contributed by atoms with Crippen molar-refractivity contribution in [2.45, 2.75) is 64.3 Å². The summed E-state index contributed by atoms with van der Waals surface area (Å²) in [6.45, 7) is 6.47. The Balaban J connectivity index is 1.30. The van der Waals surface area contributed by atoms with Crippen LogP contribution in [-0.2, 0) is 10.2 Å². The molecular formula is C29H29F3N4O3S. The van der Waals surface area contributed by atoms with E-state index in [0.29, 0.717) is 39.8 Å². The largest absolute Gasteiger partial charge is 0.484 e. The van der Waals surface area contributed by atoms with Gasteiger partial charge >= 0.3 is 12.1 Å². The Morgan fingerprint density at radius 3 is 2.48 bits per heavy atom. The first-order valence-corrected chi connectivity index (χ1v) is 13.7. The number of benzene rings is 2. The van der Waals surface area contributed by atoms with E-state index in [9.17, 15) is 18.0 Å². The molecule has 4 aromatic rings. The quantitative estimate of drug-likeness (QED) is 0.237. The van der Waals surface area contributed by atoms with Crippen LogP contribution in [0.4, 0.5) is 18.3 Å². The summed E-state index contributed by atoms with van der Waals surface area (Å²) in [5.74, 6) is -0.170. The molecule has 1 aliphatic rings. The molecule has 0 bridgehead atoms. The second kappa shape index (κ2) is 10.7. The van der Waals surface area contributed by atoms with E-state index in [4.69, 9.17) is 14.5 Å². The van der Waals surface area contributed by atoms with Gasteiger partial charge in [-0.3, -0.25) is 0 Å². The number of rotatable bonds is 7. The normalized spacial score (nSPS) is 17.4. The predicted octanol–water partition coefficient (Wildman–Crippen LogP) is 7.10. The van der Waals surface area contributed by atoms with Gasteiger partial charge in [0.1, 0.15) is 17.5 Å². The minimum atomic E-state index is -4.43. The van der Waals surface area contributed by atoms with Gasteiger partial charge in [-0.2, -0.15) is 13.2 Å². The number of halogens is 3. The molecule has 40 heavy (non-hydrogen) atoms. The van der Waals surface area contributed by atoms with Crippen molar-refractivity contribution in [1.82, 2.24) is 15.2 Å². The number of carbonyl (C=O) groups excluding carboxylic acids is 1. The van der Waals surface area contributed by atoms with Gasteiger partial charge in [0.25, 0.3) is 0 Å². The van der Waals surface area contributed by atoms with Crippen LogP contribution in [0.5, 0.6) is 5.75 Å². The summed E-state index contributed by atoms with van der Waals surface area (Å²) in [5, 5.41) is 13.9. The van der Waals surface area contributed by atoms with Crippen LogP contribution >= 0.6 is 11.3 Å². The molecule has 0 atom stereocenters. The monoisotopic (exact) mass is 570 g/mol. The summed E-state index contributed by atoms with van der Waals surface area (Å²) < 4.78 is 49.0. The maximum absolute atomic E-state index is 12.8. The lowest BCUT2D eigenvalue weighted by molar-refractivity contribution is -0.153. The molecule has 0 saturated heterocycles. The molecule has 0 radical (unpaired) electrons. The molecule has 1 aliphatic carbocycles. The van der Waals surface area contributed by atoms with Crippen molar-refractivity contribution in [1.29, 1.82) is 0 Å². The molecule has 0 spiro atoms. The number of nitrogens with zero attached hydrogens (tertiary/aromatic N) is 3. The van der Waals surface area contributed by atoms with Crippen molar-refractivity contribution in [2.75, 3.05) is 11.9 Å². The minimum Gasteiger partial charge on any atom is -0.484 e. The number of hydrogen-bond donors (Lipinski definition) is 1. The van der Waals surface area contributed by atoms with E-state index in [1.807, 2.05) is 39.8 Å². The van der Waals surface area contributed by atoms with E-state index in [-0.39, 0.29) is 23.9 Å². The molecule has 5 rings (SSSR count). The van der Waals surface area contributed by atoms with Crippen molar-refractivity contribution in [3.63, 3.8) is 0 Å². The summed E-state index contributed by atoms with van der Waals surface area (Å²) in [4.78, 5) is 17.1. The summed E-state index contributed by atoms with van der Waals surface area (Å²) >= 11 is 1.37. The summed E-state index contributed by atoms with van der Waals surface area (Å²) in [7, 11) is 0. The highest BCUT2D eigenvalue weighted by molar-refractivity contribution is 7.18. The maximum Gasteiger partial charge on any atom is 0.422 e. The van der Waals surface area contributed by atoms with Crippen molar-refractivity contribution in [2.24, 2.45) is 0 Å². The van der Waals surface area contributed by atoms with Gasteiger partial charge in [-0.25, -0.2) is 9.78 Å². The van der Waals surface area contributed by atoms with Crippen molar-refractivity contribution in [3.05, 3.63) is 65.2 Å². The molecule has 210 valence electrons. The number of aromatic nitrogens is 3. The first-order valence-electron chi connectivity index (χ1n) is 12.9. The number of hydrogen-bond acceptors (Lipinski definition) is 8. The molecular weight excluding hydrogens is 541 g/mol. The van der Waals surface area contributed by atoms with Crippen molar-refractivity contribution >= 4 is 33.3 Å². The number of ether oxygens (including phenoxy) is 2. The lowest BCUT2D eigenvalue weighted by Crippen LogP contribution is -2.41. The molecule has 0 unspecified atom stereocenters. The fourth-order valence-electron chi connectivity index (χ4n) is 4.53. The summed E-state index contributed by atoms with van der Waals surface area (Å²) in [5.41, 5.74) is 3.08. The number of fused-ring (bicyclic) bond motifs is 1. The van der Waals surface area contributed by atoms with Crippen LogP contribution in [0.2, 0.25) is 0 Å². The average molecular weight is 571 g/mol. The van der Waals surface area contributed by atoms with E-state index >= 15 is 0 Å². The SMILES string of the molecule is Cc1cc(-c2nnc(N[C@H]3C[C@@H](OC(=O)c4ccccc4)C3)s2)nc2c(C(C)(C)C)cc(OCC(F)(F)F)cc12. The lowest BCUT2D eigenvalue weighted by Gasteiger charge is -2.34. The van der Waals surface area contributed by atoms with Crippen LogP contribution in [-0.4, -0.2) is 46.1 Å². The van der Waals surface area contributed by atoms with Crippen LogP contribution in [0, 0.1) is 6.92 Å². The Morgan fingerprint density at radius 1 is 1.07 bits per heavy atom. The van der Waals surface area contributed by atoms with E-state index in [2.05, 4.69) is 15.5 Å². The van der Waals surface area contributed by atoms with Crippen LogP contribution in [0.1, 0.15) is 55.1 Å². The Morgan fingerprint density at radius 2 is 1.80 bits per heavy atom. The number of aryl methyl sites for hydroxylation is 1. The van der Waals surface area contributed by atoms with Gasteiger partial charge in [-0.05, 0) is 53.8 Å². The van der Waals surface area contributed by atoms with Crippen LogP contribution in [0.25, 0.3) is 21.6 Å². The number of alkyl halides is 3. The molecule has 0 amide bonds. The Labute approximate surface area is 233 Å². The zero-order valence-corrected chi connectivity index (χ0v) is 23.3. The molecule has 0 aliphatic heterocycles. The zero-order valence-electron chi connectivity index (χ0n) is 22.5. The van der Waals surface area contributed by atoms with Gasteiger partial charge in [-0.15, -0.1) is 10.2 Å². The minimum absolute atomic E-state index is 0.114. The standard InChI is InChI=1S/C29H29F3N4O3S/c1-16-10-23(34-24-21(16)13-19(38-15-29(30,31)32)14-22(24)28(2,3)4)25-35-36-27(40-25)33-18-11-20(12-18)39-26(37)17-8-6-5-7-9-17/h5-10,13-14,18,20H,11-12,15H2,1-4H3,(H,33,36)/t18-,20+. The smallest absolute Gasteiger partial charge is 0.422 e. The molecule has 11 heteroatoms. The highest BCUT2D eigenvalue weighted by atomic mass is 32.1. The highest BCUT2D eigenvalue weighted by Crippen LogP contribution is 2.38. The third-order valence-electron chi connectivity index (χ3n) is 6.65. The fourth-order valence-corrected chi connectivity index (χ4v) is 5.31. The van der Waals surface area contributed by atoms with E-state index in [1.54, 1.807) is 36.4 Å². The molecule has 1 N–H and O–H groups in total. The Bertz CT molecular complexity index is 1530. The maximum atomic E-state index is 12.8. The van der Waals surface area contributed by atoms with Gasteiger partial charge in [0.05, 0.1) is 11.1 Å². The third kappa shape index (κ3) is 6.35. The average Bonchev–Trinajstić information content (AvgIpc) is 3.34. The van der Waals surface area contributed by atoms with Gasteiger partial charge in [0.2, 0.25) is 5.13 Å². The molecule has 2 aromatic carbocycles. The van der Waals surface area contributed by atoms with Gasteiger partial charge in [0.15, 0.2) is 11.6 Å². The Hall–Kier alpha value is -3.73. The summed E-state index contributed by atoms with van der Waals surface area (Å²) in [6, 6.07) is 14.1. The van der Waals surface area contributed by atoms with Crippen molar-refractivity contribution < 1.29 is 27.4 Å². The van der Waals surface area contributed by atoms with Crippen LogP contribution in [0.3, 0.4) is 0 Å². The second-order valence-electron chi connectivity index (χ2n) is 11.0. The van der Waals surface area contributed by atoms with E-state index < -0.39 is 18.2 Å². The highest BCUT2D eigenvalue weighted by Gasteiger charge is 2.33. The topological polar surface area (TPSA) is 86.2 Å². The van der Waals surface area contributed by atoms with Gasteiger partial charge in [-0.1, -0.05) is 50.3 Å². The predicted molar refractivity (Wildman–Crippen MR) is 148 cm³/mol. The number of pyridine rings is 1. The number of nitrogens with one attached hydrogen (secondary N) is 1.